The van der Waals surface area contributed by atoms with E-state index in [4.69, 9.17) is 9.84 Å². The van der Waals surface area contributed by atoms with Gasteiger partial charge in [0.1, 0.15) is 0 Å². The number of hydrogen-bond acceptors (Lipinski definition) is 3. The van der Waals surface area contributed by atoms with Crippen LogP contribution in [0, 0.1) is 0 Å². The molecule has 1 aliphatic heterocycles. The molecule has 0 radical (unpaired) electrons. The van der Waals surface area contributed by atoms with Crippen molar-refractivity contribution in [3.8, 4) is 0 Å². The largest absolute Gasteiger partial charge is 0.481 e. The van der Waals surface area contributed by atoms with Crippen LogP contribution in [0.1, 0.15) is 24.8 Å². The number of ether oxygens (including phenoxy) is 1. The van der Waals surface area contributed by atoms with E-state index in [1.54, 1.807) is 4.90 Å². The zero-order valence-corrected chi connectivity index (χ0v) is 14.2. The van der Waals surface area contributed by atoms with E-state index < -0.39 is 5.97 Å². The van der Waals surface area contributed by atoms with Crippen LogP contribution in [0.2, 0.25) is 0 Å². The summed E-state index contributed by atoms with van der Waals surface area (Å²) in [4.78, 5) is 25.1. The lowest BCUT2D eigenvalue weighted by Gasteiger charge is -2.35. The molecule has 0 saturated carbocycles. The fourth-order valence-corrected chi connectivity index (χ4v) is 3.34. The molecule has 1 saturated heterocycles. The number of carbonyl (C=O) groups is 2. The number of nitrogens with zero attached hydrogens (tertiary/aromatic N) is 1. The normalized spacial score (nSPS) is 17.6. The molecule has 2 aromatic carbocycles. The first kappa shape index (κ1) is 17.4. The molecule has 1 atom stereocenters. The third-order valence-electron chi connectivity index (χ3n) is 4.63. The van der Waals surface area contributed by atoms with Crippen LogP contribution in [0.15, 0.2) is 42.5 Å². The Bertz CT molecular complexity index is 758. The van der Waals surface area contributed by atoms with E-state index in [9.17, 15) is 9.59 Å². The minimum atomic E-state index is -0.899. The second kappa shape index (κ2) is 8.12. The molecule has 0 aromatic heterocycles. The van der Waals surface area contributed by atoms with Gasteiger partial charge in [-0.1, -0.05) is 42.5 Å². The van der Waals surface area contributed by atoms with Crippen LogP contribution >= 0.6 is 0 Å². The molecule has 5 nitrogen and oxygen atoms in total. The first-order chi connectivity index (χ1) is 12.1. The van der Waals surface area contributed by atoms with Crippen molar-refractivity contribution in [1.29, 1.82) is 0 Å². The van der Waals surface area contributed by atoms with Crippen molar-refractivity contribution < 1.29 is 19.4 Å². The second-order valence-corrected chi connectivity index (χ2v) is 6.45. The molecule has 1 heterocycles. The summed E-state index contributed by atoms with van der Waals surface area (Å²) in [5.74, 6) is -0.875. The quantitative estimate of drug-likeness (QED) is 0.877. The van der Waals surface area contributed by atoms with Gasteiger partial charge in [-0.25, -0.2) is 0 Å². The molecule has 1 unspecified atom stereocenters. The smallest absolute Gasteiger partial charge is 0.305 e. The zero-order valence-electron chi connectivity index (χ0n) is 14.2. The number of carboxylic acid groups (broad SMARTS) is 1. The van der Waals surface area contributed by atoms with E-state index in [-0.39, 0.29) is 18.4 Å². The van der Waals surface area contributed by atoms with Crippen molar-refractivity contribution in [3.63, 3.8) is 0 Å². The highest BCUT2D eigenvalue weighted by Crippen LogP contribution is 2.18. The molecule has 5 heteroatoms. The molecule has 2 aromatic rings. The Morgan fingerprint density at radius 1 is 1.16 bits per heavy atom. The maximum atomic E-state index is 12.5. The Morgan fingerprint density at radius 3 is 2.76 bits per heavy atom. The van der Waals surface area contributed by atoms with Crippen LogP contribution in [0.3, 0.4) is 0 Å². The average molecular weight is 341 g/mol. The Morgan fingerprint density at radius 2 is 1.96 bits per heavy atom. The highest BCUT2D eigenvalue weighted by Gasteiger charge is 2.28. The molecule has 1 N–H and O–H groups in total. The van der Waals surface area contributed by atoms with Gasteiger partial charge in [-0.3, -0.25) is 9.59 Å². The van der Waals surface area contributed by atoms with Gasteiger partial charge in [0.05, 0.1) is 25.7 Å². The summed E-state index contributed by atoms with van der Waals surface area (Å²) in [6, 6.07) is 14.3. The van der Waals surface area contributed by atoms with Crippen LogP contribution in [-0.2, 0) is 20.7 Å². The van der Waals surface area contributed by atoms with Gasteiger partial charge in [0.15, 0.2) is 0 Å². The number of hydrogen-bond donors (Lipinski definition) is 1. The van der Waals surface area contributed by atoms with E-state index in [1.807, 2.05) is 12.1 Å². The molecule has 1 aliphatic rings. The highest BCUT2D eigenvalue weighted by molar-refractivity contribution is 5.83. The molecular formula is C20H23NO4. The van der Waals surface area contributed by atoms with Gasteiger partial charge in [-0.2, -0.15) is 0 Å². The van der Waals surface area contributed by atoms with Crippen molar-refractivity contribution in [2.75, 3.05) is 19.8 Å². The summed E-state index contributed by atoms with van der Waals surface area (Å²) in [6.45, 7) is 1.27. The van der Waals surface area contributed by atoms with Gasteiger partial charge in [-0.05, 0) is 29.2 Å². The highest BCUT2D eigenvalue weighted by atomic mass is 16.5. The number of carboxylic acids is 1. The molecule has 0 spiro atoms. The van der Waals surface area contributed by atoms with Gasteiger partial charge in [-0.15, -0.1) is 0 Å². The molecule has 25 heavy (non-hydrogen) atoms. The van der Waals surface area contributed by atoms with Gasteiger partial charge in [0, 0.05) is 13.0 Å². The fraction of sp³-hybridized carbons (Fsp3) is 0.400. The van der Waals surface area contributed by atoms with E-state index in [0.717, 1.165) is 12.8 Å². The third-order valence-corrected chi connectivity index (χ3v) is 4.63. The average Bonchev–Trinajstić information content (AvgIpc) is 2.61. The van der Waals surface area contributed by atoms with E-state index >= 15 is 0 Å². The summed E-state index contributed by atoms with van der Waals surface area (Å²) >= 11 is 0. The minimum absolute atomic E-state index is 0.0235. The number of rotatable bonds is 6. The standard InChI is InChI=1S/C20H23NO4/c22-19(21-10-11-25-14-18(21)13-20(23)24)7-3-4-15-8-9-16-5-1-2-6-17(16)12-15/h1-2,5-6,8-9,12,18H,3-4,7,10-11,13-14H2,(H,23,24). The lowest BCUT2D eigenvalue weighted by atomic mass is 10.0. The predicted molar refractivity (Wildman–Crippen MR) is 95.5 cm³/mol. The fourth-order valence-electron chi connectivity index (χ4n) is 3.34. The Kier molecular flexibility index (Phi) is 5.66. The van der Waals surface area contributed by atoms with Gasteiger partial charge in [0.2, 0.25) is 5.91 Å². The summed E-state index contributed by atoms with van der Waals surface area (Å²) < 4.78 is 5.32. The van der Waals surface area contributed by atoms with Crippen LogP contribution in [0.25, 0.3) is 10.8 Å². The van der Waals surface area contributed by atoms with Crippen LogP contribution in [-0.4, -0.2) is 47.7 Å². The Balaban J connectivity index is 1.54. The Labute approximate surface area is 147 Å². The summed E-state index contributed by atoms with van der Waals surface area (Å²) in [5.41, 5.74) is 1.22. The maximum Gasteiger partial charge on any atom is 0.305 e. The van der Waals surface area contributed by atoms with Crippen LogP contribution in [0.4, 0.5) is 0 Å². The summed E-state index contributed by atoms with van der Waals surface area (Å²) in [6.07, 6.45) is 1.97. The third kappa shape index (κ3) is 4.57. The number of fused-ring (bicyclic) bond motifs is 1. The van der Waals surface area contributed by atoms with E-state index in [1.165, 1.54) is 16.3 Å². The number of benzene rings is 2. The van der Waals surface area contributed by atoms with Crippen molar-refractivity contribution in [2.45, 2.75) is 31.7 Å². The summed E-state index contributed by atoms with van der Waals surface area (Å²) in [5, 5.41) is 11.4. The van der Waals surface area contributed by atoms with Crippen molar-refractivity contribution in [2.24, 2.45) is 0 Å². The number of carbonyl (C=O) groups excluding carboxylic acids is 1. The van der Waals surface area contributed by atoms with Gasteiger partial charge in [0.25, 0.3) is 0 Å². The lowest BCUT2D eigenvalue weighted by Crippen LogP contribution is -2.49. The SMILES string of the molecule is O=C(O)CC1COCCN1C(=O)CCCc1ccc2ccccc2c1. The molecule has 0 bridgehead atoms. The van der Waals surface area contributed by atoms with Gasteiger partial charge >= 0.3 is 5.97 Å². The second-order valence-electron chi connectivity index (χ2n) is 6.45. The zero-order chi connectivity index (χ0) is 17.6. The number of amides is 1. The number of morpholine rings is 1. The lowest BCUT2D eigenvalue weighted by molar-refractivity contribution is -0.146. The molecule has 132 valence electrons. The van der Waals surface area contributed by atoms with Crippen LogP contribution < -0.4 is 0 Å². The van der Waals surface area contributed by atoms with Crippen molar-refractivity contribution in [3.05, 3.63) is 48.0 Å². The molecule has 0 aliphatic carbocycles. The van der Waals surface area contributed by atoms with Crippen molar-refractivity contribution in [1.82, 2.24) is 4.90 Å². The number of aliphatic carboxylic acids is 1. The Hall–Kier alpha value is -2.40. The minimum Gasteiger partial charge on any atom is -0.481 e. The monoisotopic (exact) mass is 341 g/mol. The maximum absolute atomic E-state index is 12.5. The predicted octanol–water partition coefficient (Wildman–Crippen LogP) is 2.86. The van der Waals surface area contributed by atoms with E-state index in [0.29, 0.717) is 26.2 Å². The molecule has 1 amide bonds. The first-order valence-corrected chi connectivity index (χ1v) is 8.70. The summed E-state index contributed by atoms with van der Waals surface area (Å²) in [7, 11) is 0. The molecule has 3 rings (SSSR count). The molecular weight excluding hydrogens is 318 g/mol. The van der Waals surface area contributed by atoms with E-state index in [2.05, 4.69) is 30.3 Å². The topological polar surface area (TPSA) is 66.8 Å². The van der Waals surface area contributed by atoms with Gasteiger partial charge < -0.3 is 14.7 Å². The number of aryl methyl sites for hydroxylation is 1. The van der Waals surface area contributed by atoms with Crippen LogP contribution in [0.5, 0.6) is 0 Å². The van der Waals surface area contributed by atoms with Crippen molar-refractivity contribution >= 4 is 22.6 Å². The molecule has 1 fully saturated rings. The first-order valence-electron chi connectivity index (χ1n) is 8.70.